The van der Waals surface area contributed by atoms with Gasteiger partial charge in [-0.2, -0.15) is 4.98 Å². The van der Waals surface area contributed by atoms with Crippen LogP contribution in [0.25, 0.3) is 0 Å². The number of aryl methyl sites for hydroxylation is 1. The van der Waals surface area contributed by atoms with Gasteiger partial charge in [0.05, 0.1) is 11.5 Å². The Labute approximate surface area is 118 Å². The molecule has 0 radical (unpaired) electrons. The van der Waals surface area contributed by atoms with E-state index in [1.54, 1.807) is 11.8 Å². The second kappa shape index (κ2) is 7.59. The molecule has 0 bridgehead atoms. The Kier molecular flexibility index (Phi) is 6.10. The van der Waals surface area contributed by atoms with E-state index in [2.05, 4.69) is 15.3 Å². The van der Waals surface area contributed by atoms with E-state index >= 15 is 0 Å². The number of aromatic nitrogens is 2. The number of anilines is 2. The van der Waals surface area contributed by atoms with Gasteiger partial charge in [0.15, 0.2) is 0 Å². The molecule has 0 fully saturated rings. The van der Waals surface area contributed by atoms with Gasteiger partial charge >= 0.3 is 5.69 Å². The van der Waals surface area contributed by atoms with Crippen LogP contribution in [-0.4, -0.2) is 46.2 Å². The summed E-state index contributed by atoms with van der Waals surface area (Å²) in [6.07, 6.45) is 0.802. The minimum Gasteiger partial charge on any atom is -0.395 e. The van der Waals surface area contributed by atoms with Crippen LogP contribution in [0.1, 0.15) is 26.0 Å². The zero-order chi connectivity index (χ0) is 15.1. The van der Waals surface area contributed by atoms with Crippen LogP contribution in [0.4, 0.5) is 17.5 Å². The van der Waals surface area contributed by atoms with Crippen molar-refractivity contribution >= 4 is 17.5 Å². The van der Waals surface area contributed by atoms with Gasteiger partial charge in [-0.05, 0) is 20.3 Å². The van der Waals surface area contributed by atoms with Crippen LogP contribution < -0.4 is 10.2 Å². The Hall–Kier alpha value is -1.96. The number of nitrogens with zero attached hydrogens (tertiary/aromatic N) is 4. The summed E-state index contributed by atoms with van der Waals surface area (Å²) in [7, 11) is 0. The Morgan fingerprint density at radius 2 is 2.05 bits per heavy atom. The standard InChI is InChI=1S/C12H21N5O3/c1-4-6-16(7-8-18)11-10(17(19)20)9(3)14-12(15-11)13-5-2/h18H,4-8H2,1-3H3,(H,13,14,15). The summed E-state index contributed by atoms with van der Waals surface area (Å²) in [4.78, 5) is 20.8. The van der Waals surface area contributed by atoms with Crippen LogP contribution in [-0.2, 0) is 0 Å². The van der Waals surface area contributed by atoms with E-state index in [-0.39, 0.29) is 18.1 Å². The molecule has 0 aliphatic carbocycles. The van der Waals surface area contributed by atoms with E-state index < -0.39 is 4.92 Å². The van der Waals surface area contributed by atoms with Crippen LogP contribution >= 0.6 is 0 Å². The lowest BCUT2D eigenvalue weighted by Crippen LogP contribution is -2.29. The highest BCUT2D eigenvalue weighted by atomic mass is 16.6. The molecule has 20 heavy (non-hydrogen) atoms. The Morgan fingerprint density at radius 3 is 2.55 bits per heavy atom. The highest BCUT2D eigenvalue weighted by Gasteiger charge is 2.25. The molecule has 0 unspecified atom stereocenters. The lowest BCUT2D eigenvalue weighted by atomic mass is 10.3. The minimum atomic E-state index is -0.472. The first-order chi connectivity index (χ1) is 9.54. The third kappa shape index (κ3) is 3.77. The summed E-state index contributed by atoms with van der Waals surface area (Å²) in [5.74, 6) is 0.624. The predicted molar refractivity (Wildman–Crippen MR) is 77.2 cm³/mol. The van der Waals surface area contributed by atoms with Crippen molar-refractivity contribution in [3.05, 3.63) is 15.8 Å². The Bertz CT molecular complexity index is 461. The first kappa shape index (κ1) is 16.1. The number of rotatable bonds is 8. The van der Waals surface area contributed by atoms with Gasteiger partial charge in [-0.25, -0.2) is 4.98 Å². The van der Waals surface area contributed by atoms with Gasteiger partial charge in [-0.1, -0.05) is 6.92 Å². The molecule has 0 saturated heterocycles. The van der Waals surface area contributed by atoms with Crippen LogP contribution in [0.2, 0.25) is 0 Å². The van der Waals surface area contributed by atoms with Crippen molar-refractivity contribution in [1.82, 2.24) is 9.97 Å². The topological polar surface area (TPSA) is 104 Å². The molecular formula is C12H21N5O3. The molecule has 0 aliphatic heterocycles. The quantitative estimate of drug-likeness (QED) is 0.547. The fourth-order valence-electron chi connectivity index (χ4n) is 1.94. The predicted octanol–water partition coefficient (Wildman–Crippen LogP) is 1.33. The van der Waals surface area contributed by atoms with Crippen molar-refractivity contribution < 1.29 is 10.0 Å². The van der Waals surface area contributed by atoms with Gasteiger partial charge in [0.2, 0.25) is 11.8 Å². The third-order valence-electron chi connectivity index (χ3n) is 2.72. The lowest BCUT2D eigenvalue weighted by Gasteiger charge is -2.22. The zero-order valence-electron chi connectivity index (χ0n) is 12.1. The highest BCUT2D eigenvalue weighted by Crippen LogP contribution is 2.29. The molecule has 1 heterocycles. The zero-order valence-corrected chi connectivity index (χ0v) is 12.1. The average molecular weight is 283 g/mol. The summed E-state index contributed by atoms with van der Waals surface area (Å²) in [5.41, 5.74) is 0.212. The first-order valence-electron chi connectivity index (χ1n) is 6.67. The van der Waals surface area contributed by atoms with Gasteiger partial charge in [-0.3, -0.25) is 10.1 Å². The molecule has 1 aromatic rings. The second-order valence-electron chi connectivity index (χ2n) is 4.30. The Morgan fingerprint density at radius 1 is 1.35 bits per heavy atom. The number of hydrogen-bond acceptors (Lipinski definition) is 7. The molecule has 8 heteroatoms. The number of nitrogens with one attached hydrogen (secondary N) is 1. The van der Waals surface area contributed by atoms with Gasteiger partial charge < -0.3 is 15.3 Å². The maximum Gasteiger partial charge on any atom is 0.332 e. The average Bonchev–Trinajstić information content (AvgIpc) is 2.37. The first-order valence-corrected chi connectivity index (χ1v) is 6.67. The summed E-state index contributed by atoms with van der Waals surface area (Å²) >= 11 is 0. The largest absolute Gasteiger partial charge is 0.395 e. The van der Waals surface area contributed by atoms with Crippen LogP contribution in [0, 0.1) is 17.0 Å². The maximum atomic E-state index is 11.2. The van der Waals surface area contributed by atoms with Crippen LogP contribution in [0.15, 0.2) is 0 Å². The SMILES string of the molecule is CCCN(CCO)c1nc(NCC)nc(C)c1[N+](=O)[O-]. The molecular weight excluding hydrogens is 262 g/mol. The number of nitro groups is 1. The Balaban J connectivity index is 3.32. The molecule has 2 N–H and O–H groups in total. The molecule has 0 saturated carbocycles. The second-order valence-corrected chi connectivity index (χ2v) is 4.30. The third-order valence-corrected chi connectivity index (χ3v) is 2.72. The lowest BCUT2D eigenvalue weighted by molar-refractivity contribution is -0.385. The molecule has 112 valence electrons. The molecule has 0 aliphatic rings. The summed E-state index contributed by atoms with van der Waals surface area (Å²) in [6, 6.07) is 0. The van der Waals surface area contributed by atoms with Gasteiger partial charge in [0, 0.05) is 19.6 Å². The normalized spacial score (nSPS) is 10.4. The van der Waals surface area contributed by atoms with Crippen molar-refractivity contribution in [1.29, 1.82) is 0 Å². The van der Waals surface area contributed by atoms with Crippen molar-refractivity contribution in [3.8, 4) is 0 Å². The molecule has 1 aromatic heterocycles. The number of aliphatic hydroxyl groups excluding tert-OH is 1. The maximum absolute atomic E-state index is 11.2. The fourth-order valence-corrected chi connectivity index (χ4v) is 1.94. The van der Waals surface area contributed by atoms with Crippen molar-refractivity contribution in [3.63, 3.8) is 0 Å². The summed E-state index contributed by atoms with van der Waals surface area (Å²) in [5, 5.41) is 23.3. The molecule has 0 aromatic carbocycles. The van der Waals surface area contributed by atoms with E-state index in [0.29, 0.717) is 31.3 Å². The van der Waals surface area contributed by atoms with E-state index in [1.807, 2.05) is 13.8 Å². The van der Waals surface area contributed by atoms with E-state index in [1.165, 1.54) is 0 Å². The molecule has 0 atom stereocenters. The monoisotopic (exact) mass is 283 g/mol. The number of hydrogen-bond donors (Lipinski definition) is 2. The van der Waals surface area contributed by atoms with Crippen molar-refractivity contribution in [2.75, 3.05) is 36.5 Å². The molecule has 0 amide bonds. The minimum absolute atomic E-state index is 0.0866. The molecule has 1 rings (SSSR count). The number of aliphatic hydroxyl groups is 1. The van der Waals surface area contributed by atoms with Gasteiger partial charge in [-0.15, -0.1) is 0 Å². The van der Waals surface area contributed by atoms with Crippen molar-refractivity contribution in [2.24, 2.45) is 0 Å². The van der Waals surface area contributed by atoms with Crippen LogP contribution in [0.3, 0.4) is 0 Å². The molecule has 0 spiro atoms. The van der Waals surface area contributed by atoms with Gasteiger partial charge in [0.25, 0.3) is 0 Å². The smallest absolute Gasteiger partial charge is 0.332 e. The molecule has 8 nitrogen and oxygen atoms in total. The van der Waals surface area contributed by atoms with Gasteiger partial charge in [0.1, 0.15) is 5.69 Å². The van der Waals surface area contributed by atoms with Crippen LogP contribution in [0.5, 0.6) is 0 Å². The van der Waals surface area contributed by atoms with Crippen molar-refractivity contribution in [2.45, 2.75) is 27.2 Å². The summed E-state index contributed by atoms with van der Waals surface area (Å²) < 4.78 is 0. The van der Waals surface area contributed by atoms with E-state index in [4.69, 9.17) is 5.11 Å². The fraction of sp³-hybridized carbons (Fsp3) is 0.667. The van der Waals surface area contributed by atoms with E-state index in [9.17, 15) is 10.1 Å². The van der Waals surface area contributed by atoms with E-state index in [0.717, 1.165) is 6.42 Å². The summed E-state index contributed by atoms with van der Waals surface area (Å²) in [6.45, 7) is 6.89. The highest BCUT2D eigenvalue weighted by molar-refractivity contribution is 5.62.